The zero-order valence-electron chi connectivity index (χ0n) is 20.1. The fourth-order valence-corrected chi connectivity index (χ4v) is 3.35. The number of guanidine groups is 1. The fourth-order valence-electron chi connectivity index (χ4n) is 3.35. The summed E-state index contributed by atoms with van der Waals surface area (Å²) < 4.78 is 12.9. The van der Waals surface area contributed by atoms with Gasteiger partial charge in [-0.3, -0.25) is 0 Å². The molecule has 0 aliphatic heterocycles. The Hall–Kier alpha value is -2.82. The Balaban J connectivity index is 0.00000385. The van der Waals surface area contributed by atoms with Crippen LogP contribution < -0.4 is 14.8 Å². The van der Waals surface area contributed by atoms with Crippen LogP contribution >= 0.6 is 24.0 Å². The molecule has 0 aliphatic carbocycles. The van der Waals surface area contributed by atoms with Gasteiger partial charge in [0, 0.05) is 20.6 Å². The van der Waals surface area contributed by atoms with Crippen molar-refractivity contribution in [2.45, 2.75) is 33.5 Å². The van der Waals surface area contributed by atoms with E-state index in [1.165, 1.54) is 0 Å². The summed E-state index contributed by atoms with van der Waals surface area (Å²) in [7, 11) is 7.28. The highest BCUT2D eigenvalue weighted by molar-refractivity contribution is 14.0. The lowest BCUT2D eigenvalue weighted by atomic mass is 10.1. The summed E-state index contributed by atoms with van der Waals surface area (Å²) in [4.78, 5) is 6.96. The Morgan fingerprint density at radius 2 is 1.73 bits per heavy atom. The molecule has 0 aliphatic rings. The van der Waals surface area contributed by atoms with Crippen LogP contribution in [0.3, 0.4) is 0 Å². The molecule has 9 heteroatoms. The van der Waals surface area contributed by atoms with Crippen molar-refractivity contribution in [3.8, 4) is 11.5 Å². The van der Waals surface area contributed by atoms with E-state index in [-0.39, 0.29) is 24.0 Å². The van der Waals surface area contributed by atoms with E-state index in [2.05, 4.69) is 39.5 Å². The second-order valence-corrected chi connectivity index (χ2v) is 7.69. The Morgan fingerprint density at radius 1 is 1.06 bits per heavy atom. The van der Waals surface area contributed by atoms with Gasteiger partial charge in [0.25, 0.3) is 0 Å². The van der Waals surface area contributed by atoms with Crippen LogP contribution in [0.2, 0.25) is 0 Å². The minimum atomic E-state index is 0. The molecule has 0 bridgehead atoms. The van der Waals surface area contributed by atoms with Crippen molar-refractivity contribution in [3.05, 3.63) is 70.8 Å². The van der Waals surface area contributed by atoms with Gasteiger partial charge in [-0.1, -0.05) is 30.3 Å². The Morgan fingerprint density at radius 3 is 2.33 bits per heavy atom. The highest BCUT2D eigenvalue weighted by atomic mass is 127. The first-order chi connectivity index (χ1) is 15.4. The first kappa shape index (κ1) is 26.4. The molecule has 0 radical (unpaired) electrons. The highest BCUT2D eigenvalue weighted by Crippen LogP contribution is 2.30. The van der Waals surface area contributed by atoms with Crippen molar-refractivity contribution < 1.29 is 9.47 Å². The van der Waals surface area contributed by atoms with Gasteiger partial charge in [0.05, 0.1) is 27.3 Å². The van der Waals surface area contributed by atoms with Gasteiger partial charge in [-0.15, -0.1) is 34.2 Å². The second kappa shape index (κ2) is 12.4. The number of rotatable bonds is 8. The van der Waals surface area contributed by atoms with E-state index in [0.29, 0.717) is 25.4 Å². The summed E-state index contributed by atoms with van der Waals surface area (Å²) >= 11 is 0. The average molecular weight is 564 g/mol. The summed E-state index contributed by atoms with van der Waals surface area (Å²) in [6, 6.07) is 14.2. The molecule has 8 nitrogen and oxygen atoms in total. The van der Waals surface area contributed by atoms with E-state index < -0.39 is 0 Å². The summed E-state index contributed by atoms with van der Waals surface area (Å²) in [6.45, 7) is 5.77. The maximum Gasteiger partial charge on any atom is 0.194 e. The van der Waals surface area contributed by atoms with Gasteiger partial charge in [-0.25, -0.2) is 4.99 Å². The van der Waals surface area contributed by atoms with Crippen molar-refractivity contribution in [2.75, 3.05) is 21.3 Å². The normalized spacial score (nSPS) is 11.0. The number of aryl methyl sites for hydroxylation is 2. The number of nitrogens with zero attached hydrogens (tertiary/aromatic N) is 5. The van der Waals surface area contributed by atoms with E-state index in [0.717, 1.165) is 40.0 Å². The molecule has 0 saturated carbocycles. The molecular weight excluding hydrogens is 531 g/mol. The molecule has 3 rings (SSSR count). The van der Waals surface area contributed by atoms with E-state index in [1.54, 1.807) is 14.2 Å². The van der Waals surface area contributed by atoms with Gasteiger partial charge in [-0.2, -0.15) is 0 Å². The molecule has 3 aromatic rings. The molecule has 1 aromatic heterocycles. The zero-order chi connectivity index (χ0) is 23.1. The van der Waals surface area contributed by atoms with Crippen LogP contribution in [0.5, 0.6) is 11.5 Å². The molecule has 178 valence electrons. The number of methoxy groups -OCH3 is 2. The molecule has 1 N–H and O–H groups in total. The topological polar surface area (TPSA) is 76.8 Å². The first-order valence-corrected chi connectivity index (χ1v) is 10.5. The molecule has 1 heterocycles. The van der Waals surface area contributed by atoms with Gasteiger partial charge in [0.15, 0.2) is 23.3 Å². The van der Waals surface area contributed by atoms with Gasteiger partial charge >= 0.3 is 0 Å². The van der Waals surface area contributed by atoms with Crippen LogP contribution in [-0.2, 0) is 26.7 Å². The Labute approximate surface area is 213 Å². The molecule has 0 amide bonds. The number of aromatic nitrogens is 3. The van der Waals surface area contributed by atoms with Gasteiger partial charge in [0.1, 0.15) is 5.82 Å². The maximum absolute atomic E-state index is 5.49. The molecular formula is C24H33IN6O2. The molecule has 0 spiro atoms. The third kappa shape index (κ3) is 6.83. The third-order valence-corrected chi connectivity index (χ3v) is 5.45. The van der Waals surface area contributed by atoms with E-state index in [9.17, 15) is 0 Å². The zero-order valence-corrected chi connectivity index (χ0v) is 22.5. The van der Waals surface area contributed by atoms with Crippen LogP contribution in [0.1, 0.15) is 28.3 Å². The third-order valence-electron chi connectivity index (χ3n) is 5.45. The van der Waals surface area contributed by atoms with Gasteiger partial charge in [-0.05, 0) is 42.7 Å². The van der Waals surface area contributed by atoms with Crippen LogP contribution in [0.25, 0.3) is 0 Å². The molecule has 33 heavy (non-hydrogen) atoms. The lowest BCUT2D eigenvalue weighted by molar-refractivity contribution is 0.353. The predicted octanol–water partition coefficient (Wildman–Crippen LogP) is 3.84. The molecule has 0 unspecified atom stereocenters. The Bertz CT molecular complexity index is 1070. The second-order valence-electron chi connectivity index (χ2n) is 7.69. The highest BCUT2D eigenvalue weighted by Gasteiger charge is 2.14. The number of hydrogen-bond acceptors (Lipinski definition) is 5. The summed E-state index contributed by atoms with van der Waals surface area (Å²) in [5, 5.41) is 11.8. The lowest BCUT2D eigenvalue weighted by Crippen LogP contribution is -2.38. The predicted molar refractivity (Wildman–Crippen MR) is 141 cm³/mol. The average Bonchev–Trinajstić information content (AvgIpc) is 3.12. The van der Waals surface area contributed by atoms with Gasteiger partial charge in [0.2, 0.25) is 0 Å². The van der Waals surface area contributed by atoms with Crippen LogP contribution in [-0.4, -0.2) is 46.9 Å². The van der Waals surface area contributed by atoms with E-state index in [1.807, 2.05) is 55.9 Å². The SMILES string of the molecule is COc1cc(C)c(CN(C)C(=NCc2ccccc2)NCc2nnc(C)n2C)cc1OC.I. The van der Waals surface area contributed by atoms with Gasteiger partial charge < -0.3 is 24.3 Å². The number of benzene rings is 2. The smallest absolute Gasteiger partial charge is 0.194 e. The van der Waals surface area contributed by atoms with E-state index >= 15 is 0 Å². The van der Waals surface area contributed by atoms with Crippen LogP contribution in [0, 0.1) is 13.8 Å². The monoisotopic (exact) mass is 564 g/mol. The van der Waals surface area contributed by atoms with Crippen molar-refractivity contribution in [1.82, 2.24) is 25.0 Å². The molecule has 0 atom stereocenters. The standard InChI is InChI=1S/C24H32N6O2.HI/c1-17-12-21(31-5)22(32-6)13-20(17)16-29(3)24(25-14-19-10-8-7-9-11-19)26-15-23-28-27-18(2)30(23)4;/h7-13H,14-16H2,1-6H3,(H,25,26);1H. The molecule has 0 saturated heterocycles. The molecule has 0 fully saturated rings. The Kier molecular flexibility index (Phi) is 9.95. The van der Waals surface area contributed by atoms with Crippen LogP contribution in [0.4, 0.5) is 0 Å². The maximum atomic E-state index is 5.49. The van der Waals surface area contributed by atoms with Crippen molar-refractivity contribution >= 4 is 29.9 Å². The van der Waals surface area contributed by atoms with Crippen molar-refractivity contribution in [1.29, 1.82) is 0 Å². The number of aliphatic imine (C=N–C) groups is 1. The summed E-state index contributed by atoms with van der Waals surface area (Å²) in [5.41, 5.74) is 3.41. The van der Waals surface area contributed by atoms with Crippen LogP contribution in [0.15, 0.2) is 47.5 Å². The largest absolute Gasteiger partial charge is 0.493 e. The summed E-state index contributed by atoms with van der Waals surface area (Å²) in [6.07, 6.45) is 0. The number of nitrogens with one attached hydrogen (secondary N) is 1. The molecule has 2 aromatic carbocycles. The number of ether oxygens (including phenoxy) is 2. The van der Waals surface area contributed by atoms with Crippen molar-refractivity contribution in [3.63, 3.8) is 0 Å². The first-order valence-electron chi connectivity index (χ1n) is 10.5. The number of hydrogen-bond donors (Lipinski definition) is 1. The lowest BCUT2D eigenvalue weighted by Gasteiger charge is -2.24. The quantitative estimate of drug-likeness (QED) is 0.255. The summed E-state index contributed by atoms with van der Waals surface area (Å²) in [5.74, 6) is 3.95. The minimum Gasteiger partial charge on any atom is -0.493 e. The number of halogens is 1. The van der Waals surface area contributed by atoms with E-state index in [4.69, 9.17) is 14.5 Å². The van der Waals surface area contributed by atoms with Crippen molar-refractivity contribution in [2.24, 2.45) is 12.0 Å². The minimum absolute atomic E-state index is 0. The fraction of sp³-hybridized carbons (Fsp3) is 0.375.